The summed E-state index contributed by atoms with van der Waals surface area (Å²) in [5, 5.41) is 8.65. The Balaban J connectivity index is 3.89. The molecule has 60 valence electrons. The van der Waals surface area contributed by atoms with Crippen molar-refractivity contribution in [1.29, 1.82) is 0 Å². The van der Waals surface area contributed by atoms with Crippen LogP contribution >= 0.6 is 0 Å². The number of allylic oxidation sites excluding steroid dienone is 1. The highest BCUT2D eigenvalue weighted by atomic mass is 19.3. The summed E-state index contributed by atoms with van der Waals surface area (Å²) >= 11 is 0. The van der Waals surface area contributed by atoms with Crippen molar-refractivity contribution in [1.82, 2.24) is 0 Å². The third-order valence-corrected chi connectivity index (χ3v) is 0.991. The van der Waals surface area contributed by atoms with Gasteiger partial charge in [0.15, 0.2) is 6.29 Å². The van der Waals surface area contributed by atoms with Crippen LogP contribution in [-0.4, -0.2) is 24.9 Å². The second-order valence-electron chi connectivity index (χ2n) is 1.84. The van der Waals surface area contributed by atoms with Gasteiger partial charge in [-0.3, -0.25) is 0 Å². The minimum atomic E-state index is -2.52. The van der Waals surface area contributed by atoms with Crippen molar-refractivity contribution < 1.29 is 18.6 Å². The van der Waals surface area contributed by atoms with Crippen molar-refractivity contribution in [3.63, 3.8) is 0 Å². The van der Waals surface area contributed by atoms with E-state index in [4.69, 9.17) is 5.11 Å². The summed E-state index contributed by atoms with van der Waals surface area (Å²) in [6.07, 6.45) is -2.79. The van der Waals surface area contributed by atoms with Crippen molar-refractivity contribution in [2.75, 3.05) is 7.11 Å². The van der Waals surface area contributed by atoms with E-state index in [-0.39, 0.29) is 5.57 Å². The molecule has 0 amide bonds. The van der Waals surface area contributed by atoms with Gasteiger partial charge in [-0.2, -0.15) is 0 Å². The van der Waals surface area contributed by atoms with Gasteiger partial charge in [0.25, 0.3) is 6.43 Å². The number of methoxy groups -OCH3 is 1. The average molecular weight is 152 g/mol. The molecule has 1 N–H and O–H groups in total. The Bertz CT molecular complexity index is 123. The first-order chi connectivity index (χ1) is 4.57. The normalized spacial score (nSPS) is 16.0. The minimum Gasteiger partial charge on any atom is -0.365 e. The molecule has 0 saturated carbocycles. The molecule has 2 nitrogen and oxygen atoms in total. The topological polar surface area (TPSA) is 29.5 Å². The summed E-state index contributed by atoms with van der Waals surface area (Å²) in [5.41, 5.74) is -0.186. The Kier molecular flexibility index (Phi) is 4.14. The number of halogens is 2. The smallest absolute Gasteiger partial charge is 0.259 e. The highest BCUT2D eigenvalue weighted by Crippen LogP contribution is 2.07. The van der Waals surface area contributed by atoms with Crippen LogP contribution in [0.1, 0.15) is 6.92 Å². The molecule has 0 aliphatic rings. The fraction of sp³-hybridized carbons (Fsp3) is 0.667. The highest BCUT2D eigenvalue weighted by molar-refractivity contribution is 5.02. The SMILES string of the molecule is COC(O)/C=C(\C)C(F)F. The van der Waals surface area contributed by atoms with Gasteiger partial charge in [0.1, 0.15) is 0 Å². The largest absolute Gasteiger partial charge is 0.365 e. The van der Waals surface area contributed by atoms with Gasteiger partial charge in [-0.05, 0) is 18.6 Å². The fourth-order valence-electron chi connectivity index (χ4n) is 0.366. The number of rotatable bonds is 3. The van der Waals surface area contributed by atoms with Crippen molar-refractivity contribution in [3.05, 3.63) is 11.6 Å². The maximum absolute atomic E-state index is 11.7. The summed E-state index contributed by atoms with van der Waals surface area (Å²) in [4.78, 5) is 0. The molecule has 1 unspecified atom stereocenters. The van der Waals surface area contributed by atoms with Crippen molar-refractivity contribution in [3.8, 4) is 0 Å². The second-order valence-corrected chi connectivity index (χ2v) is 1.84. The van der Waals surface area contributed by atoms with Gasteiger partial charge in [0.05, 0.1) is 0 Å². The quantitative estimate of drug-likeness (QED) is 0.485. The monoisotopic (exact) mass is 152 g/mol. The average Bonchev–Trinajstić information content (AvgIpc) is 1.87. The lowest BCUT2D eigenvalue weighted by atomic mass is 10.3. The summed E-state index contributed by atoms with van der Waals surface area (Å²) in [6, 6.07) is 0. The van der Waals surface area contributed by atoms with E-state index in [1.165, 1.54) is 14.0 Å². The molecule has 0 spiro atoms. The Labute approximate surface area is 58.1 Å². The zero-order chi connectivity index (χ0) is 8.15. The van der Waals surface area contributed by atoms with Gasteiger partial charge in [-0.15, -0.1) is 0 Å². The summed E-state index contributed by atoms with van der Waals surface area (Å²) in [6.45, 7) is 1.23. The van der Waals surface area contributed by atoms with Gasteiger partial charge < -0.3 is 9.84 Å². The van der Waals surface area contributed by atoms with E-state index in [9.17, 15) is 8.78 Å². The molecule has 10 heavy (non-hydrogen) atoms. The zero-order valence-corrected chi connectivity index (χ0v) is 5.84. The fourth-order valence-corrected chi connectivity index (χ4v) is 0.366. The summed E-state index contributed by atoms with van der Waals surface area (Å²) in [7, 11) is 1.24. The molecule has 0 radical (unpaired) electrons. The van der Waals surface area contributed by atoms with E-state index >= 15 is 0 Å². The molecule has 0 aliphatic carbocycles. The van der Waals surface area contributed by atoms with Crippen molar-refractivity contribution in [2.45, 2.75) is 19.6 Å². The standard InChI is InChI=1S/C6H10F2O2/c1-4(6(7)8)3-5(9)10-2/h3,5-6,9H,1-2H3/b4-3+. The number of ether oxygens (including phenoxy) is 1. The second kappa shape index (κ2) is 4.35. The third-order valence-electron chi connectivity index (χ3n) is 0.991. The van der Waals surface area contributed by atoms with E-state index in [1.807, 2.05) is 0 Å². The van der Waals surface area contributed by atoms with Crippen LogP contribution in [0, 0.1) is 0 Å². The number of aliphatic hydroxyl groups excluding tert-OH is 1. The molecule has 0 rings (SSSR count). The van der Waals surface area contributed by atoms with Crippen LogP contribution in [0.3, 0.4) is 0 Å². The van der Waals surface area contributed by atoms with Crippen LogP contribution in [0.15, 0.2) is 11.6 Å². The van der Waals surface area contributed by atoms with Crippen molar-refractivity contribution in [2.24, 2.45) is 0 Å². The number of alkyl halides is 2. The van der Waals surface area contributed by atoms with Gasteiger partial charge in [0, 0.05) is 7.11 Å². The van der Waals surface area contributed by atoms with Crippen LogP contribution in [-0.2, 0) is 4.74 Å². The molecule has 0 aliphatic heterocycles. The van der Waals surface area contributed by atoms with E-state index in [0.29, 0.717) is 0 Å². The van der Waals surface area contributed by atoms with Gasteiger partial charge in [0.2, 0.25) is 0 Å². The lowest BCUT2D eigenvalue weighted by Gasteiger charge is -2.03. The molecule has 0 aromatic carbocycles. The first-order valence-electron chi connectivity index (χ1n) is 2.75. The molecule has 0 aromatic rings. The summed E-state index contributed by atoms with van der Waals surface area (Å²) < 4.78 is 27.7. The maximum Gasteiger partial charge on any atom is 0.259 e. The van der Waals surface area contributed by atoms with Crippen LogP contribution in [0.2, 0.25) is 0 Å². The first kappa shape index (κ1) is 9.52. The minimum absolute atomic E-state index is 0.186. The van der Waals surface area contributed by atoms with Gasteiger partial charge in [-0.1, -0.05) is 0 Å². The predicted molar refractivity (Wildman–Crippen MR) is 32.8 cm³/mol. The van der Waals surface area contributed by atoms with Gasteiger partial charge >= 0.3 is 0 Å². The zero-order valence-electron chi connectivity index (χ0n) is 5.84. The predicted octanol–water partition coefficient (Wildman–Crippen LogP) is 1.16. The molecular weight excluding hydrogens is 142 g/mol. The lowest BCUT2D eigenvalue weighted by Crippen LogP contribution is -2.07. The van der Waals surface area contributed by atoms with Crippen LogP contribution in [0.25, 0.3) is 0 Å². The van der Waals surface area contributed by atoms with Crippen LogP contribution in [0.5, 0.6) is 0 Å². The number of aliphatic hydroxyl groups is 1. The summed E-state index contributed by atoms with van der Waals surface area (Å²) in [5.74, 6) is 0. The molecule has 4 heteroatoms. The molecule has 0 saturated heterocycles. The molecule has 1 atom stereocenters. The Morgan fingerprint density at radius 1 is 1.60 bits per heavy atom. The van der Waals surface area contributed by atoms with E-state index in [0.717, 1.165) is 6.08 Å². The van der Waals surface area contributed by atoms with E-state index in [2.05, 4.69) is 4.74 Å². The molecule has 0 bridgehead atoms. The Hall–Kier alpha value is -0.480. The Morgan fingerprint density at radius 3 is 2.40 bits per heavy atom. The lowest BCUT2D eigenvalue weighted by molar-refractivity contribution is -0.0372. The van der Waals surface area contributed by atoms with E-state index in [1.54, 1.807) is 0 Å². The first-order valence-corrected chi connectivity index (χ1v) is 2.75. The van der Waals surface area contributed by atoms with Gasteiger partial charge in [-0.25, -0.2) is 8.78 Å². The molecule has 0 fully saturated rings. The maximum atomic E-state index is 11.7. The van der Waals surface area contributed by atoms with E-state index < -0.39 is 12.7 Å². The number of hydrogen-bond acceptors (Lipinski definition) is 2. The molecule has 0 aromatic heterocycles. The third kappa shape index (κ3) is 3.53. The van der Waals surface area contributed by atoms with Crippen molar-refractivity contribution >= 4 is 0 Å². The highest BCUT2D eigenvalue weighted by Gasteiger charge is 2.06. The van der Waals surface area contributed by atoms with Crippen LogP contribution < -0.4 is 0 Å². The number of hydrogen-bond donors (Lipinski definition) is 1. The molecular formula is C6H10F2O2. The molecule has 0 heterocycles. The van der Waals surface area contributed by atoms with Crippen LogP contribution in [0.4, 0.5) is 8.78 Å². The Morgan fingerprint density at radius 2 is 2.10 bits per heavy atom.